The van der Waals surface area contributed by atoms with E-state index in [9.17, 15) is 9.59 Å². The second kappa shape index (κ2) is 9.07. The summed E-state index contributed by atoms with van der Waals surface area (Å²) in [5.74, 6) is 0.983. The molecule has 2 amide bonds. The summed E-state index contributed by atoms with van der Waals surface area (Å²) in [5.41, 5.74) is 0.662. The van der Waals surface area contributed by atoms with Crippen molar-refractivity contribution < 1.29 is 14.3 Å². The number of carbonyl (C=O) groups excluding carboxylic acids is 2. The van der Waals surface area contributed by atoms with Gasteiger partial charge in [0.2, 0.25) is 11.8 Å². The van der Waals surface area contributed by atoms with E-state index in [1.54, 1.807) is 30.2 Å². The third-order valence-corrected chi connectivity index (χ3v) is 3.36. The van der Waals surface area contributed by atoms with Crippen LogP contribution in [-0.4, -0.2) is 36.9 Å². The molecular formula is C17H26N2O3. The van der Waals surface area contributed by atoms with Crippen LogP contribution in [0.5, 0.6) is 5.75 Å². The molecule has 0 radical (unpaired) electrons. The first kappa shape index (κ1) is 18.0. The van der Waals surface area contributed by atoms with Crippen LogP contribution in [0.2, 0.25) is 0 Å². The van der Waals surface area contributed by atoms with E-state index in [0.717, 1.165) is 6.42 Å². The summed E-state index contributed by atoms with van der Waals surface area (Å²) >= 11 is 0. The minimum atomic E-state index is -0.201. The van der Waals surface area contributed by atoms with E-state index in [-0.39, 0.29) is 18.4 Å². The third-order valence-electron chi connectivity index (χ3n) is 3.36. The molecule has 22 heavy (non-hydrogen) atoms. The number of nitrogens with zero attached hydrogens (tertiary/aromatic N) is 1. The number of anilines is 1. The Hall–Kier alpha value is -2.04. The Labute approximate surface area is 132 Å². The van der Waals surface area contributed by atoms with Gasteiger partial charge in [-0.1, -0.05) is 19.9 Å². The van der Waals surface area contributed by atoms with Crippen LogP contribution in [0.4, 0.5) is 5.69 Å². The molecule has 0 saturated heterocycles. The topological polar surface area (TPSA) is 58.6 Å². The second-order valence-corrected chi connectivity index (χ2v) is 5.62. The van der Waals surface area contributed by atoms with E-state index >= 15 is 0 Å². The number of nitrogens with one attached hydrogen (secondary N) is 1. The highest BCUT2D eigenvalue weighted by Gasteiger charge is 2.16. The van der Waals surface area contributed by atoms with E-state index in [4.69, 9.17) is 4.74 Å². The van der Waals surface area contributed by atoms with Crippen molar-refractivity contribution in [3.8, 4) is 5.75 Å². The quantitative estimate of drug-likeness (QED) is 0.803. The number of hydrogen-bond donors (Lipinski definition) is 1. The molecule has 5 nitrogen and oxygen atoms in total. The molecule has 0 aliphatic heterocycles. The van der Waals surface area contributed by atoms with Gasteiger partial charge in [0.15, 0.2) is 0 Å². The molecule has 1 aromatic carbocycles. The molecule has 1 rings (SSSR count). The van der Waals surface area contributed by atoms with E-state index < -0.39 is 0 Å². The Balaban J connectivity index is 2.55. The zero-order chi connectivity index (χ0) is 16.5. The Bertz CT molecular complexity index is 500. The smallest absolute Gasteiger partial charge is 0.243 e. The number of benzene rings is 1. The lowest BCUT2D eigenvalue weighted by molar-refractivity contribution is -0.134. The molecule has 1 aromatic rings. The van der Waals surface area contributed by atoms with Crippen LogP contribution >= 0.6 is 0 Å². The number of methoxy groups -OCH3 is 1. The minimum Gasteiger partial charge on any atom is -0.497 e. The Morgan fingerprint density at radius 3 is 2.64 bits per heavy atom. The largest absolute Gasteiger partial charge is 0.497 e. The van der Waals surface area contributed by atoms with Gasteiger partial charge in [-0.2, -0.15) is 0 Å². The average Bonchev–Trinajstić information content (AvgIpc) is 2.50. The van der Waals surface area contributed by atoms with Gasteiger partial charge < -0.3 is 15.0 Å². The summed E-state index contributed by atoms with van der Waals surface area (Å²) < 4.78 is 5.12. The number of carbonyl (C=O) groups is 2. The van der Waals surface area contributed by atoms with Crippen molar-refractivity contribution in [1.29, 1.82) is 0 Å². The van der Waals surface area contributed by atoms with Crippen LogP contribution in [0.15, 0.2) is 24.3 Å². The summed E-state index contributed by atoms with van der Waals surface area (Å²) in [6.45, 7) is 6.65. The van der Waals surface area contributed by atoms with Crippen molar-refractivity contribution in [3.63, 3.8) is 0 Å². The number of rotatable bonds is 8. The Morgan fingerprint density at radius 2 is 2.05 bits per heavy atom. The lowest BCUT2D eigenvalue weighted by atomic mass is 10.1. The molecule has 0 aliphatic carbocycles. The van der Waals surface area contributed by atoms with Crippen LogP contribution < -0.4 is 10.1 Å². The van der Waals surface area contributed by atoms with Crippen molar-refractivity contribution in [2.45, 2.75) is 33.6 Å². The fourth-order valence-electron chi connectivity index (χ4n) is 2.02. The van der Waals surface area contributed by atoms with Gasteiger partial charge in [-0.3, -0.25) is 9.59 Å². The molecule has 0 aromatic heterocycles. The molecule has 0 aliphatic rings. The normalized spacial score (nSPS) is 10.4. The first-order valence-corrected chi connectivity index (χ1v) is 7.68. The van der Waals surface area contributed by atoms with Crippen molar-refractivity contribution in [3.05, 3.63) is 24.3 Å². The monoisotopic (exact) mass is 306 g/mol. The van der Waals surface area contributed by atoms with Gasteiger partial charge in [-0.05, 0) is 31.4 Å². The summed E-state index contributed by atoms with van der Waals surface area (Å²) in [5, 5.41) is 2.79. The highest BCUT2D eigenvalue weighted by atomic mass is 16.5. The van der Waals surface area contributed by atoms with Gasteiger partial charge in [0.05, 0.1) is 13.7 Å². The van der Waals surface area contributed by atoms with Crippen molar-refractivity contribution in [2.24, 2.45) is 5.92 Å². The zero-order valence-electron chi connectivity index (χ0n) is 13.9. The van der Waals surface area contributed by atoms with Crippen LogP contribution in [0, 0.1) is 5.92 Å². The number of ether oxygens (including phenoxy) is 1. The van der Waals surface area contributed by atoms with Crippen LogP contribution in [0.1, 0.15) is 33.6 Å². The van der Waals surface area contributed by atoms with Crippen molar-refractivity contribution >= 4 is 17.5 Å². The van der Waals surface area contributed by atoms with Gasteiger partial charge in [-0.25, -0.2) is 0 Å². The molecule has 0 bridgehead atoms. The first-order valence-electron chi connectivity index (χ1n) is 7.68. The number of amides is 2. The zero-order valence-corrected chi connectivity index (χ0v) is 13.9. The maximum atomic E-state index is 12.1. The second-order valence-electron chi connectivity index (χ2n) is 5.62. The van der Waals surface area contributed by atoms with Crippen LogP contribution in [0.25, 0.3) is 0 Å². The predicted octanol–water partition coefficient (Wildman–Crippen LogP) is 2.92. The van der Waals surface area contributed by atoms with Crippen LogP contribution in [0.3, 0.4) is 0 Å². The average molecular weight is 306 g/mol. The van der Waals surface area contributed by atoms with Gasteiger partial charge in [-0.15, -0.1) is 0 Å². The van der Waals surface area contributed by atoms with E-state index in [1.165, 1.54) is 0 Å². The van der Waals surface area contributed by atoms with Gasteiger partial charge in [0.25, 0.3) is 0 Å². The highest BCUT2D eigenvalue weighted by Crippen LogP contribution is 2.16. The van der Waals surface area contributed by atoms with Gasteiger partial charge >= 0.3 is 0 Å². The standard InChI is InChI=1S/C17H26N2O3/c1-5-19(17(21)10-9-13(2)3)12-16(20)18-14-7-6-8-15(11-14)22-4/h6-8,11,13H,5,9-10,12H2,1-4H3,(H,18,20). The van der Waals surface area contributed by atoms with Gasteiger partial charge in [0.1, 0.15) is 5.75 Å². The molecule has 0 unspecified atom stereocenters. The van der Waals surface area contributed by atoms with E-state index in [0.29, 0.717) is 30.3 Å². The summed E-state index contributed by atoms with van der Waals surface area (Å²) in [4.78, 5) is 25.8. The molecule has 0 saturated carbocycles. The van der Waals surface area contributed by atoms with Crippen molar-refractivity contribution in [1.82, 2.24) is 4.90 Å². The molecule has 0 atom stereocenters. The summed E-state index contributed by atoms with van der Waals surface area (Å²) in [6, 6.07) is 7.15. The maximum absolute atomic E-state index is 12.1. The number of hydrogen-bond acceptors (Lipinski definition) is 3. The fourth-order valence-corrected chi connectivity index (χ4v) is 2.02. The lowest BCUT2D eigenvalue weighted by Gasteiger charge is -2.21. The molecule has 122 valence electrons. The van der Waals surface area contributed by atoms with Crippen molar-refractivity contribution in [2.75, 3.05) is 25.5 Å². The molecule has 5 heteroatoms. The minimum absolute atomic E-state index is 0.0250. The molecule has 0 fully saturated rings. The maximum Gasteiger partial charge on any atom is 0.243 e. The SMILES string of the molecule is CCN(CC(=O)Nc1cccc(OC)c1)C(=O)CCC(C)C. The Morgan fingerprint density at radius 1 is 1.32 bits per heavy atom. The molecule has 0 spiro atoms. The predicted molar refractivity (Wildman–Crippen MR) is 87.9 cm³/mol. The first-order chi connectivity index (χ1) is 10.5. The highest BCUT2D eigenvalue weighted by molar-refractivity contribution is 5.94. The van der Waals surface area contributed by atoms with Gasteiger partial charge in [0, 0.05) is 24.7 Å². The van der Waals surface area contributed by atoms with E-state index in [1.807, 2.05) is 13.0 Å². The summed E-state index contributed by atoms with van der Waals surface area (Å²) in [7, 11) is 1.58. The Kier molecular flexibility index (Phi) is 7.43. The number of likely N-dealkylation sites (N-methyl/N-ethyl adjacent to an activating group) is 1. The van der Waals surface area contributed by atoms with Crippen LogP contribution in [-0.2, 0) is 9.59 Å². The lowest BCUT2D eigenvalue weighted by Crippen LogP contribution is -2.37. The molecule has 0 heterocycles. The molecular weight excluding hydrogens is 280 g/mol. The summed E-state index contributed by atoms with van der Waals surface area (Å²) in [6.07, 6.45) is 1.32. The fraction of sp³-hybridized carbons (Fsp3) is 0.529. The molecule has 1 N–H and O–H groups in total. The van der Waals surface area contributed by atoms with E-state index in [2.05, 4.69) is 19.2 Å². The third kappa shape index (κ3) is 6.16.